The summed E-state index contributed by atoms with van der Waals surface area (Å²) in [6.45, 7) is 12.5. The molecule has 1 aliphatic heterocycles. The smallest absolute Gasteiger partial charge is 0.222 e. The average molecular weight is 531 g/mol. The number of carbonyl (C=O) groups excluding carboxylic acids is 1. The lowest BCUT2D eigenvalue weighted by Gasteiger charge is -2.54. The quantitative estimate of drug-likeness (QED) is 0.201. The van der Waals surface area contributed by atoms with Gasteiger partial charge in [0.05, 0.1) is 7.11 Å². The van der Waals surface area contributed by atoms with E-state index in [1.165, 1.54) is 11.1 Å². The van der Waals surface area contributed by atoms with Crippen LogP contribution in [0.15, 0.2) is 67.3 Å². The zero-order chi connectivity index (χ0) is 27.7. The van der Waals surface area contributed by atoms with E-state index in [4.69, 9.17) is 4.74 Å². The third-order valence-electron chi connectivity index (χ3n) is 9.14. The molecule has 0 N–H and O–H groups in total. The molecular weight excluding hydrogens is 480 g/mol. The maximum atomic E-state index is 13.7. The highest BCUT2D eigenvalue weighted by Gasteiger charge is 2.49. The minimum atomic E-state index is 0.0837. The van der Waals surface area contributed by atoms with E-state index in [0.29, 0.717) is 30.2 Å². The summed E-state index contributed by atoms with van der Waals surface area (Å²) in [6, 6.07) is 19.8. The highest BCUT2D eigenvalue weighted by Crippen LogP contribution is 2.50. The number of unbranched alkanes of at least 4 members (excludes halogenated alkanes) is 2. The fraction of sp³-hybridized carbons (Fsp3) is 0.571. The third kappa shape index (κ3) is 7.54. The minimum absolute atomic E-state index is 0.0837. The predicted molar refractivity (Wildman–Crippen MR) is 162 cm³/mol. The second-order valence-electron chi connectivity index (χ2n) is 12.3. The van der Waals surface area contributed by atoms with Crippen molar-refractivity contribution in [2.24, 2.45) is 11.8 Å². The van der Waals surface area contributed by atoms with Crippen molar-refractivity contribution in [3.05, 3.63) is 78.4 Å². The van der Waals surface area contributed by atoms with E-state index >= 15 is 0 Å². The van der Waals surface area contributed by atoms with Crippen molar-refractivity contribution in [2.45, 2.75) is 83.1 Å². The summed E-state index contributed by atoms with van der Waals surface area (Å²) in [6.07, 6.45) is 11.5. The number of amides is 1. The second kappa shape index (κ2) is 14.2. The lowest BCUT2D eigenvalue weighted by Crippen LogP contribution is -2.57. The summed E-state index contributed by atoms with van der Waals surface area (Å²) in [5, 5.41) is 0. The van der Waals surface area contributed by atoms with Crippen molar-refractivity contribution >= 4 is 5.91 Å². The molecule has 1 amide bonds. The maximum Gasteiger partial charge on any atom is 0.222 e. The first-order valence-electron chi connectivity index (χ1n) is 15.3. The lowest BCUT2D eigenvalue weighted by molar-refractivity contribution is -0.136. The van der Waals surface area contributed by atoms with Gasteiger partial charge in [0.15, 0.2) is 0 Å². The van der Waals surface area contributed by atoms with Crippen LogP contribution in [-0.4, -0.2) is 55.0 Å². The van der Waals surface area contributed by atoms with E-state index in [2.05, 4.69) is 84.8 Å². The Morgan fingerprint density at radius 3 is 2.69 bits per heavy atom. The number of nitrogens with zero attached hydrogens (tertiary/aromatic N) is 2. The van der Waals surface area contributed by atoms with Crippen molar-refractivity contribution in [3.63, 3.8) is 0 Å². The van der Waals surface area contributed by atoms with Gasteiger partial charge in [0.2, 0.25) is 5.91 Å². The molecular formula is C35H50N2O2. The highest BCUT2D eigenvalue weighted by molar-refractivity contribution is 5.76. The van der Waals surface area contributed by atoms with Crippen LogP contribution in [0.5, 0.6) is 5.75 Å². The van der Waals surface area contributed by atoms with Gasteiger partial charge < -0.3 is 9.64 Å². The number of aryl methyl sites for hydroxylation is 1. The molecule has 4 nitrogen and oxygen atoms in total. The van der Waals surface area contributed by atoms with Crippen LogP contribution in [0.2, 0.25) is 0 Å². The Hall–Kier alpha value is -2.59. The zero-order valence-electron chi connectivity index (χ0n) is 24.6. The molecule has 1 saturated carbocycles. The van der Waals surface area contributed by atoms with Crippen LogP contribution >= 0.6 is 0 Å². The number of carbonyl (C=O) groups is 1. The molecule has 3 unspecified atom stereocenters. The predicted octanol–water partition coefficient (Wildman–Crippen LogP) is 7.28. The second-order valence-corrected chi connectivity index (χ2v) is 12.3. The van der Waals surface area contributed by atoms with Crippen molar-refractivity contribution < 1.29 is 9.53 Å². The van der Waals surface area contributed by atoms with Gasteiger partial charge in [-0.2, -0.15) is 0 Å². The van der Waals surface area contributed by atoms with Crippen LogP contribution in [-0.2, 0) is 16.6 Å². The Morgan fingerprint density at radius 1 is 1.13 bits per heavy atom. The van der Waals surface area contributed by atoms with Crippen molar-refractivity contribution in [1.29, 1.82) is 0 Å². The molecule has 2 aromatic carbocycles. The molecule has 39 heavy (non-hydrogen) atoms. The van der Waals surface area contributed by atoms with Gasteiger partial charge in [0.1, 0.15) is 5.75 Å². The van der Waals surface area contributed by atoms with Crippen molar-refractivity contribution in [2.75, 3.05) is 33.3 Å². The first-order valence-corrected chi connectivity index (χ1v) is 15.3. The van der Waals surface area contributed by atoms with Gasteiger partial charge >= 0.3 is 0 Å². The normalized spacial score (nSPS) is 23.3. The minimum Gasteiger partial charge on any atom is -0.497 e. The fourth-order valence-electron chi connectivity index (χ4n) is 7.16. The number of piperidine rings is 1. The monoisotopic (exact) mass is 530 g/mol. The van der Waals surface area contributed by atoms with Gasteiger partial charge in [-0.1, -0.05) is 68.8 Å². The van der Waals surface area contributed by atoms with Crippen LogP contribution in [0.3, 0.4) is 0 Å². The summed E-state index contributed by atoms with van der Waals surface area (Å²) >= 11 is 0. The van der Waals surface area contributed by atoms with Crippen LogP contribution in [0.25, 0.3) is 0 Å². The Bertz CT molecular complexity index is 1050. The van der Waals surface area contributed by atoms with Gasteiger partial charge in [0.25, 0.3) is 0 Å². The molecule has 0 radical (unpaired) electrons. The van der Waals surface area contributed by atoms with Crippen LogP contribution in [0, 0.1) is 11.8 Å². The summed E-state index contributed by atoms with van der Waals surface area (Å²) in [4.78, 5) is 18.6. The number of likely N-dealkylation sites (tertiary alicyclic amines) is 1. The molecule has 0 spiro atoms. The van der Waals surface area contributed by atoms with E-state index < -0.39 is 0 Å². The molecule has 4 rings (SSSR count). The molecule has 1 aliphatic carbocycles. The SMILES string of the molecule is C=CCN1CCC2(c3cccc(OC)c3)CC(N(CC(C)C)C(=O)CCCCCc3ccccc3)CCC2C1. The van der Waals surface area contributed by atoms with Crippen LogP contribution in [0.1, 0.15) is 76.3 Å². The Morgan fingerprint density at radius 2 is 1.95 bits per heavy atom. The van der Waals surface area contributed by atoms with Gasteiger partial charge in [-0.05, 0) is 86.6 Å². The topological polar surface area (TPSA) is 32.8 Å². The molecule has 1 heterocycles. The van der Waals surface area contributed by atoms with E-state index in [-0.39, 0.29) is 5.41 Å². The molecule has 1 saturated heterocycles. The van der Waals surface area contributed by atoms with Gasteiger partial charge in [0, 0.05) is 37.5 Å². The molecule has 212 valence electrons. The maximum absolute atomic E-state index is 13.7. The summed E-state index contributed by atoms with van der Waals surface area (Å²) in [7, 11) is 1.76. The molecule has 0 aromatic heterocycles. The molecule has 2 fully saturated rings. The number of fused-ring (bicyclic) bond motifs is 1. The van der Waals surface area contributed by atoms with E-state index in [9.17, 15) is 4.79 Å². The van der Waals surface area contributed by atoms with Crippen molar-refractivity contribution in [3.8, 4) is 5.75 Å². The molecule has 4 heteroatoms. The van der Waals surface area contributed by atoms with Crippen LogP contribution in [0.4, 0.5) is 0 Å². The summed E-state index contributed by atoms with van der Waals surface area (Å²) in [5.74, 6) is 2.34. The van der Waals surface area contributed by atoms with Gasteiger partial charge in [-0.25, -0.2) is 0 Å². The molecule has 2 aromatic rings. The zero-order valence-corrected chi connectivity index (χ0v) is 24.6. The van der Waals surface area contributed by atoms with Crippen molar-refractivity contribution in [1.82, 2.24) is 9.80 Å². The van der Waals surface area contributed by atoms with Gasteiger partial charge in [-0.3, -0.25) is 9.69 Å². The molecule has 0 bridgehead atoms. The van der Waals surface area contributed by atoms with E-state index in [1.807, 2.05) is 6.08 Å². The Balaban J connectivity index is 1.46. The van der Waals surface area contributed by atoms with Gasteiger partial charge in [-0.15, -0.1) is 6.58 Å². The number of hydrogen-bond donors (Lipinski definition) is 0. The Kier molecular flexibility index (Phi) is 10.7. The first-order chi connectivity index (χ1) is 18.9. The average Bonchev–Trinajstić information content (AvgIpc) is 2.96. The molecule has 3 atom stereocenters. The number of hydrogen-bond acceptors (Lipinski definition) is 3. The Labute approximate surface area is 237 Å². The van der Waals surface area contributed by atoms with E-state index in [0.717, 1.165) is 83.3 Å². The standard InChI is InChI=1S/C35H50N2O2/c1-5-22-36-23-21-35(30-16-12-17-33(24-30)39-4)25-32(20-19-31(35)27-36)37(26-28(2)3)34(38)18-11-7-10-15-29-13-8-6-9-14-29/h5-6,8-9,12-14,16-17,24,28,31-32H,1,7,10-11,15,18-23,25-27H2,2-4H3. The first kappa shape index (κ1) is 29.4. The number of ether oxygens (including phenoxy) is 1. The summed E-state index contributed by atoms with van der Waals surface area (Å²) in [5.41, 5.74) is 2.87. The fourth-order valence-corrected chi connectivity index (χ4v) is 7.16. The number of rotatable bonds is 13. The number of benzene rings is 2. The van der Waals surface area contributed by atoms with E-state index in [1.54, 1.807) is 7.11 Å². The highest BCUT2D eigenvalue weighted by atomic mass is 16.5. The third-order valence-corrected chi connectivity index (χ3v) is 9.14. The largest absolute Gasteiger partial charge is 0.497 e. The lowest BCUT2D eigenvalue weighted by atomic mass is 9.57. The number of methoxy groups -OCH3 is 1. The summed E-state index contributed by atoms with van der Waals surface area (Å²) < 4.78 is 5.65. The molecule has 2 aliphatic rings. The van der Waals surface area contributed by atoms with Crippen LogP contribution < -0.4 is 4.74 Å².